The number of benzene rings is 1. The zero-order chi connectivity index (χ0) is 18.7. The number of amides is 1. The summed E-state index contributed by atoms with van der Waals surface area (Å²) >= 11 is 0. The lowest BCUT2D eigenvalue weighted by molar-refractivity contribution is -0.118. The Morgan fingerprint density at radius 2 is 2.04 bits per heavy atom. The van der Waals surface area contributed by atoms with Crippen LogP contribution in [0.15, 0.2) is 30.6 Å². The quantitative estimate of drug-likeness (QED) is 0.763. The van der Waals surface area contributed by atoms with E-state index in [2.05, 4.69) is 9.97 Å². The van der Waals surface area contributed by atoms with Gasteiger partial charge in [-0.3, -0.25) is 4.79 Å². The maximum absolute atomic E-state index is 12.3. The number of sulfone groups is 1. The zero-order valence-electron chi connectivity index (χ0n) is 14.8. The fraction of sp³-hybridized carbons (Fsp3) is 0.353. The summed E-state index contributed by atoms with van der Waals surface area (Å²) in [7, 11) is -3.17. The maximum atomic E-state index is 12.3. The van der Waals surface area contributed by atoms with E-state index in [1.165, 1.54) is 11.2 Å². The van der Waals surface area contributed by atoms with Crippen LogP contribution in [-0.2, 0) is 27.6 Å². The first-order valence-electron chi connectivity index (χ1n) is 8.16. The molecular formula is C17H21ClN4O4S. The Labute approximate surface area is 164 Å². The van der Waals surface area contributed by atoms with Crippen molar-refractivity contribution in [2.75, 3.05) is 23.5 Å². The first kappa shape index (κ1) is 21.1. The second-order valence-electron chi connectivity index (χ2n) is 6.08. The van der Waals surface area contributed by atoms with Crippen molar-refractivity contribution in [1.82, 2.24) is 9.97 Å². The molecule has 0 bridgehead atoms. The first-order valence-corrected chi connectivity index (χ1v) is 10.2. The average molecular weight is 413 g/mol. The number of nitrogens with zero attached hydrogens (tertiary/aromatic N) is 3. The number of carbonyl (C=O) groups is 1. The van der Waals surface area contributed by atoms with Crippen molar-refractivity contribution in [2.24, 2.45) is 5.73 Å². The van der Waals surface area contributed by atoms with Gasteiger partial charge in [-0.15, -0.1) is 12.4 Å². The number of ether oxygens (including phenoxy) is 1. The zero-order valence-corrected chi connectivity index (χ0v) is 16.4. The Morgan fingerprint density at radius 3 is 2.74 bits per heavy atom. The van der Waals surface area contributed by atoms with Gasteiger partial charge in [-0.2, -0.15) is 0 Å². The predicted molar refractivity (Wildman–Crippen MR) is 104 cm³/mol. The minimum absolute atomic E-state index is 0. The highest BCUT2D eigenvalue weighted by molar-refractivity contribution is 7.90. The van der Waals surface area contributed by atoms with Crippen molar-refractivity contribution >= 4 is 33.8 Å². The fourth-order valence-electron chi connectivity index (χ4n) is 2.81. The van der Waals surface area contributed by atoms with Crippen LogP contribution in [0.5, 0.6) is 11.6 Å². The molecule has 146 valence electrons. The van der Waals surface area contributed by atoms with E-state index in [9.17, 15) is 13.2 Å². The fourth-order valence-corrected chi connectivity index (χ4v) is 3.33. The Balaban J connectivity index is 0.00000261. The van der Waals surface area contributed by atoms with E-state index in [0.717, 1.165) is 11.8 Å². The van der Waals surface area contributed by atoms with Gasteiger partial charge in [0.15, 0.2) is 0 Å². The third kappa shape index (κ3) is 5.15. The van der Waals surface area contributed by atoms with E-state index >= 15 is 0 Å². The topological polar surface area (TPSA) is 115 Å². The molecular weight excluding hydrogens is 392 g/mol. The lowest BCUT2D eigenvalue weighted by Crippen LogP contribution is -2.38. The van der Waals surface area contributed by atoms with Gasteiger partial charge < -0.3 is 15.4 Å². The van der Waals surface area contributed by atoms with Crippen LogP contribution < -0.4 is 15.4 Å². The van der Waals surface area contributed by atoms with E-state index in [1.807, 2.05) is 0 Å². The van der Waals surface area contributed by atoms with Crippen molar-refractivity contribution in [3.63, 3.8) is 0 Å². The Bertz CT molecular complexity index is 936. The molecule has 0 saturated heterocycles. The third-order valence-electron chi connectivity index (χ3n) is 4.10. The molecule has 1 aliphatic heterocycles. The summed E-state index contributed by atoms with van der Waals surface area (Å²) in [6.07, 6.45) is 3.37. The van der Waals surface area contributed by atoms with E-state index in [4.69, 9.17) is 10.5 Å². The lowest BCUT2D eigenvalue weighted by atomic mass is 10.00. The normalized spacial score (nSPS) is 13.7. The molecule has 1 aromatic heterocycles. The number of anilines is 1. The number of hydrogen-bond donors (Lipinski definition) is 1. The van der Waals surface area contributed by atoms with Crippen LogP contribution in [-0.4, -0.2) is 42.8 Å². The van der Waals surface area contributed by atoms with Crippen molar-refractivity contribution in [2.45, 2.75) is 19.4 Å². The molecule has 0 atom stereocenters. The van der Waals surface area contributed by atoms with Gasteiger partial charge in [0, 0.05) is 37.4 Å². The van der Waals surface area contributed by atoms with Gasteiger partial charge in [-0.1, -0.05) is 6.07 Å². The molecule has 10 heteroatoms. The molecule has 0 aliphatic carbocycles. The van der Waals surface area contributed by atoms with Gasteiger partial charge in [0.05, 0.1) is 17.1 Å². The molecule has 3 rings (SSSR count). The van der Waals surface area contributed by atoms with Gasteiger partial charge in [-0.05, 0) is 18.6 Å². The van der Waals surface area contributed by atoms with Crippen LogP contribution >= 0.6 is 12.4 Å². The molecule has 1 amide bonds. The van der Waals surface area contributed by atoms with Crippen LogP contribution in [0.3, 0.4) is 0 Å². The molecule has 0 unspecified atom stereocenters. The molecule has 2 aromatic rings. The van der Waals surface area contributed by atoms with Crippen LogP contribution in [0.1, 0.15) is 17.7 Å². The molecule has 1 aliphatic rings. The number of carbonyl (C=O) groups excluding carboxylic acids is 1. The summed E-state index contributed by atoms with van der Waals surface area (Å²) in [5.41, 5.74) is 7.77. The maximum Gasteiger partial charge on any atom is 0.227 e. The van der Waals surface area contributed by atoms with E-state index in [0.29, 0.717) is 35.9 Å². The minimum Gasteiger partial charge on any atom is -0.439 e. The number of rotatable bonds is 6. The molecule has 2 N–H and O–H groups in total. The van der Waals surface area contributed by atoms with Crippen LogP contribution in [0.25, 0.3) is 0 Å². The van der Waals surface area contributed by atoms with Crippen LogP contribution in [0.2, 0.25) is 0 Å². The second kappa shape index (κ2) is 8.64. The standard InChI is InChI=1S/C17H20N4O4S.ClH/c1-26(23,24)8-7-21-14-3-2-4-15(13(14)5-6-17(21)22)25-16-9-12(10-18)19-11-20-16;/h2-4,9,11H,5-8,10,18H2,1H3;1H. The number of nitrogens with two attached hydrogens (primary N) is 1. The van der Waals surface area contributed by atoms with Gasteiger partial charge in [0.2, 0.25) is 11.8 Å². The van der Waals surface area contributed by atoms with Crippen LogP contribution in [0, 0.1) is 0 Å². The van der Waals surface area contributed by atoms with Gasteiger partial charge in [-0.25, -0.2) is 18.4 Å². The number of hydrogen-bond acceptors (Lipinski definition) is 7. The Hall–Kier alpha value is -2.23. The molecule has 8 nitrogen and oxygen atoms in total. The highest BCUT2D eigenvalue weighted by atomic mass is 35.5. The number of halogens is 1. The second-order valence-corrected chi connectivity index (χ2v) is 8.34. The summed E-state index contributed by atoms with van der Waals surface area (Å²) in [6, 6.07) is 7.03. The summed E-state index contributed by atoms with van der Waals surface area (Å²) in [4.78, 5) is 21.9. The molecule has 2 heterocycles. The van der Waals surface area contributed by atoms with Gasteiger partial charge >= 0.3 is 0 Å². The van der Waals surface area contributed by atoms with Crippen molar-refractivity contribution in [1.29, 1.82) is 0 Å². The summed E-state index contributed by atoms with van der Waals surface area (Å²) in [5.74, 6) is 0.773. The van der Waals surface area contributed by atoms with Crippen LogP contribution in [0.4, 0.5) is 5.69 Å². The Kier molecular flexibility index (Phi) is 6.74. The van der Waals surface area contributed by atoms with Crippen molar-refractivity contribution in [3.05, 3.63) is 41.9 Å². The number of aromatic nitrogens is 2. The molecule has 27 heavy (non-hydrogen) atoms. The summed E-state index contributed by atoms with van der Waals surface area (Å²) in [6.45, 7) is 0.401. The Morgan fingerprint density at radius 1 is 1.26 bits per heavy atom. The van der Waals surface area contributed by atoms with Gasteiger partial charge in [0.1, 0.15) is 21.9 Å². The first-order chi connectivity index (χ1) is 12.4. The number of fused-ring (bicyclic) bond motifs is 1. The highest BCUT2D eigenvalue weighted by Gasteiger charge is 2.27. The van der Waals surface area contributed by atoms with E-state index in [1.54, 1.807) is 24.3 Å². The largest absolute Gasteiger partial charge is 0.439 e. The smallest absolute Gasteiger partial charge is 0.227 e. The summed E-state index contributed by atoms with van der Waals surface area (Å²) in [5, 5.41) is 0. The minimum atomic E-state index is -3.17. The predicted octanol–water partition coefficient (Wildman–Crippen LogP) is 1.47. The molecule has 1 aromatic carbocycles. The van der Waals surface area contributed by atoms with Gasteiger partial charge in [0.25, 0.3) is 0 Å². The SMILES string of the molecule is CS(=O)(=O)CCN1C(=O)CCc2c(Oc3cc(CN)ncn3)cccc21.Cl. The van der Waals surface area contributed by atoms with Crippen molar-refractivity contribution < 1.29 is 17.9 Å². The average Bonchev–Trinajstić information content (AvgIpc) is 2.60. The highest BCUT2D eigenvalue weighted by Crippen LogP contribution is 2.36. The molecule has 0 saturated carbocycles. The summed E-state index contributed by atoms with van der Waals surface area (Å²) < 4.78 is 28.8. The van der Waals surface area contributed by atoms with E-state index < -0.39 is 9.84 Å². The lowest BCUT2D eigenvalue weighted by Gasteiger charge is -2.30. The molecule has 0 radical (unpaired) electrons. The van der Waals surface area contributed by atoms with Crippen molar-refractivity contribution in [3.8, 4) is 11.6 Å². The molecule has 0 spiro atoms. The third-order valence-corrected chi connectivity index (χ3v) is 5.02. The van der Waals surface area contributed by atoms with E-state index in [-0.39, 0.29) is 37.2 Å². The molecule has 0 fully saturated rings. The monoisotopic (exact) mass is 412 g/mol.